The number of rotatable bonds is 5. The van der Waals surface area contributed by atoms with E-state index in [2.05, 4.69) is 5.32 Å². The molecule has 5 heteroatoms. The molecule has 0 heterocycles. The largest absolute Gasteiger partial charge is 0.493 e. The van der Waals surface area contributed by atoms with Crippen LogP contribution in [0.2, 0.25) is 0 Å². The predicted molar refractivity (Wildman–Crippen MR) is 87.9 cm³/mol. The van der Waals surface area contributed by atoms with E-state index in [0.717, 1.165) is 11.3 Å². The van der Waals surface area contributed by atoms with Gasteiger partial charge in [-0.25, -0.2) is 0 Å². The molecular formula is C16H18N2O2S. The maximum atomic E-state index is 5.84. The minimum atomic E-state index is 0.272. The van der Waals surface area contributed by atoms with Crippen molar-refractivity contribution in [3.8, 4) is 17.2 Å². The quantitative estimate of drug-likeness (QED) is 0.831. The molecule has 0 aromatic heterocycles. The third-order valence-electron chi connectivity index (χ3n) is 2.94. The summed E-state index contributed by atoms with van der Waals surface area (Å²) in [6.07, 6.45) is 0. The zero-order valence-corrected chi connectivity index (χ0v) is 12.9. The van der Waals surface area contributed by atoms with Gasteiger partial charge in [0.25, 0.3) is 0 Å². The third kappa shape index (κ3) is 4.36. The maximum absolute atomic E-state index is 5.84. The molecule has 0 bridgehead atoms. The van der Waals surface area contributed by atoms with Gasteiger partial charge in [0.1, 0.15) is 5.75 Å². The van der Waals surface area contributed by atoms with E-state index in [9.17, 15) is 0 Å². The van der Waals surface area contributed by atoms with Crippen LogP contribution in [0.1, 0.15) is 11.1 Å². The van der Waals surface area contributed by atoms with Crippen LogP contribution >= 0.6 is 12.2 Å². The van der Waals surface area contributed by atoms with Crippen molar-refractivity contribution in [2.45, 2.75) is 13.5 Å². The average molecular weight is 302 g/mol. The third-order valence-corrected chi connectivity index (χ3v) is 3.09. The smallest absolute Gasteiger partial charge is 0.169 e. The number of ether oxygens (including phenoxy) is 2. The zero-order chi connectivity index (χ0) is 15.2. The van der Waals surface area contributed by atoms with Crippen molar-refractivity contribution in [3.05, 3.63) is 53.6 Å². The normalized spacial score (nSPS) is 10.0. The Bertz CT molecular complexity index is 627. The highest BCUT2D eigenvalue weighted by molar-refractivity contribution is 7.80. The van der Waals surface area contributed by atoms with Crippen LogP contribution in [-0.4, -0.2) is 12.2 Å². The lowest BCUT2D eigenvalue weighted by molar-refractivity contribution is 0.378. The van der Waals surface area contributed by atoms with E-state index in [-0.39, 0.29) is 5.11 Å². The Morgan fingerprint density at radius 1 is 1.14 bits per heavy atom. The van der Waals surface area contributed by atoms with E-state index < -0.39 is 0 Å². The monoisotopic (exact) mass is 302 g/mol. The summed E-state index contributed by atoms with van der Waals surface area (Å²) in [5.74, 6) is 2.10. The molecule has 0 saturated heterocycles. The summed E-state index contributed by atoms with van der Waals surface area (Å²) < 4.78 is 11.2. The molecule has 0 spiro atoms. The van der Waals surface area contributed by atoms with Gasteiger partial charge in [0.2, 0.25) is 0 Å². The van der Waals surface area contributed by atoms with Crippen LogP contribution < -0.4 is 20.5 Å². The molecule has 0 aliphatic heterocycles. The Morgan fingerprint density at radius 2 is 1.86 bits per heavy atom. The van der Waals surface area contributed by atoms with E-state index >= 15 is 0 Å². The molecule has 0 unspecified atom stereocenters. The van der Waals surface area contributed by atoms with Crippen molar-refractivity contribution in [1.82, 2.24) is 5.32 Å². The van der Waals surface area contributed by atoms with Gasteiger partial charge in [-0.05, 0) is 49.0 Å². The van der Waals surface area contributed by atoms with Crippen molar-refractivity contribution in [3.63, 3.8) is 0 Å². The van der Waals surface area contributed by atoms with E-state index in [0.29, 0.717) is 18.0 Å². The molecule has 110 valence electrons. The lowest BCUT2D eigenvalue weighted by Crippen LogP contribution is -2.28. The number of thiocarbonyl (C=S) groups is 1. The molecule has 0 atom stereocenters. The number of hydrogen-bond acceptors (Lipinski definition) is 3. The van der Waals surface area contributed by atoms with Crippen molar-refractivity contribution in [2.75, 3.05) is 7.11 Å². The van der Waals surface area contributed by atoms with Crippen molar-refractivity contribution < 1.29 is 9.47 Å². The van der Waals surface area contributed by atoms with Gasteiger partial charge in [-0.3, -0.25) is 0 Å². The van der Waals surface area contributed by atoms with Crippen molar-refractivity contribution >= 4 is 17.3 Å². The number of nitrogens with one attached hydrogen (secondary N) is 1. The number of nitrogens with two attached hydrogens (primary N) is 1. The average Bonchev–Trinajstić information content (AvgIpc) is 2.48. The van der Waals surface area contributed by atoms with E-state index in [1.165, 1.54) is 5.56 Å². The summed E-state index contributed by atoms with van der Waals surface area (Å²) in [5.41, 5.74) is 7.62. The highest BCUT2D eigenvalue weighted by Crippen LogP contribution is 2.32. The number of methoxy groups -OCH3 is 1. The van der Waals surface area contributed by atoms with Crippen molar-refractivity contribution in [1.29, 1.82) is 0 Å². The van der Waals surface area contributed by atoms with Gasteiger partial charge in [-0.15, -0.1) is 0 Å². The lowest BCUT2D eigenvalue weighted by atomic mass is 10.2. The van der Waals surface area contributed by atoms with Crippen LogP contribution in [0.25, 0.3) is 0 Å². The highest BCUT2D eigenvalue weighted by atomic mass is 32.1. The molecule has 21 heavy (non-hydrogen) atoms. The van der Waals surface area contributed by atoms with E-state index in [1.807, 2.05) is 49.4 Å². The Morgan fingerprint density at radius 3 is 2.48 bits per heavy atom. The first kappa shape index (κ1) is 15.1. The topological polar surface area (TPSA) is 56.5 Å². The molecule has 0 saturated carbocycles. The molecule has 0 aliphatic carbocycles. The molecule has 2 aromatic carbocycles. The Labute approximate surface area is 129 Å². The second-order valence-electron chi connectivity index (χ2n) is 4.62. The van der Waals surface area contributed by atoms with Gasteiger partial charge in [0.05, 0.1) is 7.11 Å². The molecule has 2 rings (SSSR count). The zero-order valence-electron chi connectivity index (χ0n) is 12.1. The summed E-state index contributed by atoms with van der Waals surface area (Å²) >= 11 is 4.79. The van der Waals surface area contributed by atoms with Gasteiger partial charge in [0, 0.05) is 6.54 Å². The Kier molecular flexibility index (Phi) is 5.00. The fourth-order valence-electron chi connectivity index (χ4n) is 1.83. The predicted octanol–water partition coefficient (Wildman–Crippen LogP) is 3.13. The standard InChI is InChI=1S/C16H18N2O2S/c1-11-3-6-13(7-4-11)20-14-8-5-12(9-15(14)19-2)10-18-16(17)21/h3-9H,10H2,1-2H3,(H3,17,18,21). The van der Waals surface area contributed by atoms with Gasteiger partial charge in [-0.1, -0.05) is 23.8 Å². The molecule has 0 radical (unpaired) electrons. The molecular weight excluding hydrogens is 284 g/mol. The van der Waals surface area contributed by atoms with Gasteiger partial charge >= 0.3 is 0 Å². The molecule has 4 nitrogen and oxygen atoms in total. The number of hydrogen-bond donors (Lipinski definition) is 2. The first-order valence-electron chi connectivity index (χ1n) is 6.53. The molecule has 2 aromatic rings. The van der Waals surface area contributed by atoms with Crippen LogP contribution in [0.3, 0.4) is 0 Å². The Hall–Kier alpha value is -2.27. The van der Waals surface area contributed by atoms with E-state index in [4.69, 9.17) is 27.4 Å². The van der Waals surface area contributed by atoms with E-state index in [1.54, 1.807) is 7.11 Å². The second kappa shape index (κ2) is 6.95. The highest BCUT2D eigenvalue weighted by Gasteiger charge is 2.07. The van der Waals surface area contributed by atoms with Gasteiger partial charge in [0.15, 0.2) is 16.6 Å². The molecule has 0 aliphatic rings. The van der Waals surface area contributed by atoms with Gasteiger partial charge in [-0.2, -0.15) is 0 Å². The van der Waals surface area contributed by atoms with Gasteiger partial charge < -0.3 is 20.5 Å². The molecule has 3 N–H and O–H groups in total. The van der Waals surface area contributed by atoms with Crippen LogP contribution in [0, 0.1) is 6.92 Å². The lowest BCUT2D eigenvalue weighted by Gasteiger charge is -2.12. The van der Waals surface area contributed by atoms with Crippen LogP contribution in [0.4, 0.5) is 0 Å². The van der Waals surface area contributed by atoms with Crippen LogP contribution in [-0.2, 0) is 6.54 Å². The first-order valence-corrected chi connectivity index (χ1v) is 6.94. The SMILES string of the molecule is COc1cc(CNC(N)=S)ccc1Oc1ccc(C)cc1. The number of aryl methyl sites for hydroxylation is 1. The second-order valence-corrected chi connectivity index (χ2v) is 5.06. The summed E-state index contributed by atoms with van der Waals surface area (Å²) in [7, 11) is 1.61. The fraction of sp³-hybridized carbons (Fsp3) is 0.188. The molecule has 0 fully saturated rings. The fourth-order valence-corrected chi connectivity index (χ4v) is 1.90. The summed E-state index contributed by atoms with van der Waals surface area (Å²) in [6, 6.07) is 13.6. The number of benzene rings is 2. The Balaban J connectivity index is 2.15. The van der Waals surface area contributed by atoms with Crippen molar-refractivity contribution in [2.24, 2.45) is 5.73 Å². The molecule has 0 amide bonds. The summed E-state index contributed by atoms with van der Waals surface area (Å²) in [4.78, 5) is 0. The van der Waals surface area contributed by atoms with Crippen LogP contribution in [0.15, 0.2) is 42.5 Å². The summed E-state index contributed by atoms with van der Waals surface area (Å²) in [6.45, 7) is 2.59. The minimum absolute atomic E-state index is 0.272. The maximum Gasteiger partial charge on any atom is 0.169 e. The van der Waals surface area contributed by atoms with Crippen LogP contribution in [0.5, 0.6) is 17.2 Å². The first-order chi connectivity index (χ1) is 10.1. The summed E-state index contributed by atoms with van der Waals surface area (Å²) in [5, 5.41) is 3.17. The minimum Gasteiger partial charge on any atom is -0.493 e.